The van der Waals surface area contributed by atoms with Crippen molar-refractivity contribution >= 4 is 27.5 Å². The van der Waals surface area contributed by atoms with Gasteiger partial charge in [0.15, 0.2) is 5.75 Å². The molecule has 0 N–H and O–H groups in total. The van der Waals surface area contributed by atoms with Crippen molar-refractivity contribution in [2.45, 2.75) is 6.92 Å². The van der Waals surface area contributed by atoms with Crippen LogP contribution in [-0.4, -0.2) is 19.6 Å². The molecule has 1 amide bonds. The van der Waals surface area contributed by atoms with Crippen molar-refractivity contribution in [2.24, 2.45) is 5.92 Å². The molecule has 80 valence electrons. The third kappa shape index (κ3) is 1.74. The Morgan fingerprint density at radius 3 is 3.00 bits per heavy atom. The molecule has 4 heteroatoms. The van der Waals surface area contributed by atoms with Crippen molar-refractivity contribution < 1.29 is 9.53 Å². The molecule has 0 spiro atoms. The Kier molecular flexibility index (Phi) is 2.69. The van der Waals surface area contributed by atoms with Crippen molar-refractivity contribution in [1.29, 1.82) is 0 Å². The summed E-state index contributed by atoms with van der Waals surface area (Å²) in [5, 5.41) is 0. The number of nitrogens with zero attached hydrogens (tertiary/aromatic N) is 1. The lowest BCUT2D eigenvalue weighted by Gasteiger charge is -2.17. The molecule has 3 nitrogen and oxygen atoms in total. The zero-order chi connectivity index (χ0) is 11.0. The van der Waals surface area contributed by atoms with E-state index in [0.717, 1.165) is 15.9 Å². The molecule has 0 fully saturated rings. The average molecular weight is 270 g/mol. The van der Waals surface area contributed by atoms with Crippen LogP contribution in [0.25, 0.3) is 0 Å². The molecule has 1 atom stereocenters. The van der Waals surface area contributed by atoms with E-state index in [1.807, 2.05) is 25.1 Å². The maximum Gasteiger partial charge on any atom is 0.233 e. The lowest BCUT2D eigenvalue weighted by Crippen LogP contribution is -2.31. The highest BCUT2D eigenvalue weighted by Crippen LogP contribution is 2.37. The Bertz CT molecular complexity index is 406. The van der Waals surface area contributed by atoms with E-state index < -0.39 is 0 Å². The highest BCUT2D eigenvalue weighted by molar-refractivity contribution is 9.10. The molecule has 1 aliphatic heterocycles. The number of para-hydroxylation sites is 1. The van der Waals surface area contributed by atoms with E-state index >= 15 is 0 Å². The highest BCUT2D eigenvalue weighted by Gasteiger charge is 2.26. The number of hydrogen-bond acceptors (Lipinski definition) is 2. The lowest BCUT2D eigenvalue weighted by molar-refractivity contribution is -0.122. The summed E-state index contributed by atoms with van der Waals surface area (Å²) in [5.74, 6) is 0.735. The van der Waals surface area contributed by atoms with Gasteiger partial charge in [0, 0.05) is 7.05 Å². The van der Waals surface area contributed by atoms with E-state index in [0.29, 0.717) is 6.61 Å². The van der Waals surface area contributed by atoms with Crippen LogP contribution in [0, 0.1) is 5.92 Å². The lowest BCUT2D eigenvalue weighted by atomic mass is 10.2. The summed E-state index contributed by atoms with van der Waals surface area (Å²) in [4.78, 5) is 13.5. The van der Waals surface area contributed by atoms with Gasteiger partial charge in [-0.1, -0.05) is 13.0 Å². The minimum atomic E-state index is -0.103. The van der Waals surface area contributed by atoms with Crippen LogP contribution in [0.2, 0.25) is 0 Å². The van der Waals surface area contributed by atoms with Gasteiger partial charge in [0.05, 0.1) is 22.7 Å². The van der Waals surface area contributed by atoms with Crippen molar-refractivity contribution in [3.8, 4) is 5.75 Å². The summed E-state index contributed by atoms with van der Waals surface area (Å²) >= 11 is 3.42. The van der Waals surface area contributed by atoms with Crippen LogP contribution in [-0.2, 0) is 4.79 Å². The number of fused-ring (bicyclic) bond motifs is 1. The maximum absolute atomic E-state index is 11.8. The van der Waals surface area contributed by atoms with Gasteiger partial charge in [-0.3, -0.25) is 4.79 Å². The SMILES string of the molecule is CC1COc2c(Br)cccc2N(C)C1=O. The average Bonchev–Trinajstić information content (AvgIpc) is 2.33. The van der Waals surface area contributed by atoms with E-state index in [9.17, 15) is 4.79 Å². The smallest absolute Gasteiger partial charge is 0.233 e. The van der Waals surface area contributed by atoms with Crippen molar-refractivity contribution in [3.05, 3.63) is 22.7 Å². The van der Waals surface area contributed by atoms with E-state index in [-0.39, 0.29) is 11.8 Å². The fraction of sp³-hybridized carbons (Fsp3) is 0.364. The van der Waals surface area contributed by atoms with Crippen LogP contribution in [0.5, 0.6) is 5.75 Å². The zero-order valence-corrected chi connectivity index (χ0v) is 10.2. The second kappa shape index (κ2) is 3.85. The van der Waals surface area contributed by atoms with E-state index in [4.69, 9.17) is 4.74 Å². The Balaban J connectivity index is 2.52. The van der Waals surface area contributed by atoms with Gasteiger partial charge >= 0.3 is 0 Å². The fourth-order valence-electron chi connectivity index (χ4n) is 1.63. The molecule has 1 heterocycles. The molecule has 0 bridgehead atoms. The normalized spacial score (nSPS) is 20.6. The van der Waals surface area contributed by atoms with Gasteiger partial charge in [-0.25, -0.2) is 0 Å². The Morgan fingerprint density at radius 1 is 1.53 bits per heavy atom. The molecule has 1 aromatic rings. The molecular formula is C11H12BrNO2. The molecule has 0 aromatic heterocycles. The molecule has 1 aliphatic rings. The summed E-state index contributed by atoms with van der Waals surface area (Å²) in [6.07, 6.45) is 0. The number of halogens is 1. The van der Waals surface area contributed by atoms with E-state index in [2.05, 4.69) is 15.9 Å². The second-order valence-electron chi connectivity index (χ2n) is 3.70. The molecule has 0 aliphatic carbocycles. The number of benzene rings is 1. The van der Waals surface area contributed by atoms with Crippen LogP contribution in [0.1, 0.15) is 6.92 Å². The number of anilines is 1. The number of amides is 1. The molecular weight excluding hydrogens is 258 g/mol. The van der Waals surface area contributed by atoms with Crippen molar-refractivity contribution in [1.82, 2.24) is 0 Å². The topological polar surface area (TPSA) is 29.5 Å². The predicted octanol–water partition coefficient (Wildman–Crippen LogP) is 2.44. The van der Waals surface area contributed by atoms with Crippen LogP contribution < -0.4 is 9.64 Å². The van der Waals surface area contributed by atoms with Crippen LogP contribution in [0.3, 0.4) is 0 Å². The summed E-state index contributed by atoms with van der Waals surface area (Å²) in [6.45, 7) is 2.30. The predicted molar refractivity (Wildman–Crippen MR) is 62.2 cm³/mol. The first kappa shape index (κ1) is 10.5. The van der Waals surface area contributed by atoms with E-state index in [1.54, 1.807) is 11.9 Å². The van der Waals surface area contributed by atoms with Gasteiger partial charge in [0.2, 0.25) is 5.91 Å². The first-order valence-corrected chi connectivity index (χ1v) is 5.59. The summed E-state index contributed by atoms with van der Waals surface area (Å²) in [7, 11) is 1.78. The summed E-state index contributed by atoms with van der Waals surface area (Å²) < 4.78 is 6.51. The molecule has 0 radical (unpaired) electrons. The Hall–Kier alpha value is -1.03. The highest BCUT2D eigenvalue weighted by atomic mass is 79.9. The minimum absolute atomic E-state index is 0.0897. The fourth-order valence-corrected chi connectivity index (χ4v) is 2.10. The first-order chi connectivity index (χ1) is 7.11. The molecule has 1 unspecified atom stereocenters. The molecule has 0 saturated carbocycles. The third-order valence-corrected chi connectivity index (χ3v) is 3.16. The maximum atomic E-state index is 11.8. The minimum Gasteiger partial charge on any atom is -0.489 e. The molecule has 15 heavy (non-hydrogen) atoms. The standard InChI is InChI=1S/C11H12BrNO2/c1-7-6-15-10-8(12)4-3-5-9(10)13(2)11(7)14/h3-5,7H,6H2,1-2H3. The van der Waals surface area contributed by atoms with Crippen molar-refractivity contribution in [3.63, 3.8) is 0 Å². The summed E-state index contributed by atoms with van der Waals surface area (Å²) in [5.41, 5.74) is 0.818. The third-order valence-electron chi connectivity index (χ3n) is 2.54. The molecule has 0 saturated heterocycles. The molecule has 2 rings (SSSR count). The van der Waals surface area contributed by atoms with E-state index in [1.165, 1.54) is 0 Å². The van der Waals surface area contributed by atoms with Gasteiger partial charge in [-0.2, -0.15) is 0 Å². The van der Waals surface area contributed by atoms with Crippen LogP contribution in [0.15, 0.2) is 22.7 Å². The van der Waals surface area contributed by atoms with Gasteiger partial charge in [-0.05, 0) is 28.1 Å². The van der Waals surface area contributed by atoms with Crippen molar-refractivity contribution in [2.75, 3.05) is 18.6 Å². The second-order valence-corrected chi connectivity index (χ2v) is 4.55. The van der Waals surface area contributed by atoms with Gasteiger partial charge < -0.3 is 9.64 Å². The number of carbonyl (C=O) groups excluding carboxylic acids is 1. The zero-order valence-electron chi connectivity index (χ0n) is 8.66. The van der Waals surface area contributed by atoms with Gasteiger partial charge in [-0.15, -0.1) is 0 Å². The molecule has 1 aromatic carbocycles. The number of ether oxygens (including phenoxy) is 1. The largest absolute Gasteiger partial charge is 0.489 e. The first-order valence-electron chi connectivity index (χ1n) is 4.80. The quantitative estimate of drug-likeness (QED) is 0.724. The monoisotopic (exact) mass is 269 g/mol. The van der Waals surface area contributed by atoms with Gasteiger partial charge in [0.1, 0.15) is 0 Å². The summed E-state index contributed by atoms with van der Waals surface area (Å²) in [6, 6.07) is 5.69. The van der Waals surface area contributed by atoms with Crippen LogP contribution >= 0.6 is 15.9 Å². The Morgan fingerprint density at radius 2 is 2.27 bits per heavy atom. The number of carbonyl (C=O) groups is 1. The van der Waals surface area contributed by atoms with Crippen LogP contribution in [0.4, 0.5) is 5.69 Å². The number of hydrogen-bond donors (Lipinski definition) is 0. The van der Waals surface area contributed by atoms with Gasteiger partial charge in [0.25, 0.3) is 0 Å². The number of rotatable bonds is 0. The Labute approximate surface area is 97.2 Å².